The van der Waals surface area contributed by atoms with E-state index in [1.54, 1.807) is 38.1 Å². The van der Waals surface area contributed by atoms with Gasteiger partial charge in [0.05, 0.1) is 5.25 Å². The molecular formula is C14H21ClN2O3S. The molecule has 0 radical (unpaired) electrons. The summed E-state index contributed by atoms with van der Waals surface area (Å²) in [4.78, 5) is 11.7. The first kappa shape index (κ1) is 17.9. The highest BCUT2D eigenvalue weighted by Gasteiger charge is 2.14. The van der Waals surface area contributed by atoms with E-state index in [1.807, 2.05) is 0 Å². The number of sulfonamides is 1. The Morgan fingerprint density at radius 2 is 1.81 bits per heavy atom. The van der Waals surface area contributed by atoms with Gasteiger partial charge in [-0.2, -0.15) is 0 Å². The van der Waals surface area contributed by atoms with Gasteiger partial charge in [-0.1, -0.05) is 11.6 Å². The molecular weight excluding hydrogens is 312 g/mol. The molecule has 0 atom stereocenters. The lowest BCUT2D eigenvalue weighted by Gasteiger charge is -2.09. The van der Waals surface area contributed by atoms with Crippen LogP contribution in [0.3, 0.4) is 0 Å². The van der Waals surface area contributed by atoms with Gasteiger partial charge in [0.1, 0.15) is 0 Å². The van der Waals surface area contributed by atoms with E-state index in [4.69, 9.17) is 11.6 Å². The van der Waals surface area contributed by atoms with Crippen molar-refractivity contribution in [3.05, 3.63) is 29.3 Å². The fourth-order valence-electron chi connectivity index (χ4n) is 1.55. The second-order valence-corrected chi connectivity index (χ2v) is 7.76. The Morgan fingerprint density at radius 1 is 1.19 bits per heavy atom. The Balaban J connectivity index is 2.21. The highest BCUT2D eigenvalue weighted by molar-refractivity contribution is 7.90. The van der Waals surface area contributed by atoms with Crippen LogP contribution in [0.1, 0.15) is 33.1 Å². The lowest BCUT2D eigenvalue weighted by atomic mass is 10.2. The third-order valence-corrected chi connectivity index (χ3v) is 4.98. The van der Waals surface area contributed by atoms with Crippen molar-refractivity contribution in [3.63, 3.8) is 0 Å². The van der Waals surface area contributed by atoms with Crippen LogP contribution >= 0.6 is 11.6 Å². The van der Waals surface area contributed by atoms with Gasteiger partial charge in [0.15, 0.2) is 0 Å². The maximum atomic E-state index is 11.7. The highest BCUT2D eigenvalue weighted by Crippen LogP contribution is 2.13. The van der Waals surface area contributed by atoms with Crippen molar-refractivity contribution >= 4 is 33.2 Å². The van der Waals surface area contributed by atoms with Crippen LogP contribution in [0.5, 0.6) is 0 Å². The molecule has 118 valence electrons. The lowest BCUT2D eigenvalue weighted by molar-refractivity contribution is -0.116. The van der Waals surface area contributed by atoms with Crippen LogP contribution in [-0.4, -0.2) is 26.1 Å². The lowest BCUT2D eigenvalue weighted by Crippen LogP contribution is -2.31. The van der Waals surface area contributed by atoms with E-state index in [9.17, 15) is 13.2 Å². The van der Waals surface area contributed by atoms with E-state index in [0.717, 1.165) is 0 Å². The minimum Gasteiger partial charge on any atom is -0.326 e. The molecule has 2 N–H and O–H groups in total. The fraction of sp³-hybridized carbons (Fsp3) is 0.500. The van der Waals surface area contributed by atoms with Crippen molar-refractivity contribution < 1.29 is 13.2 Å². The zero-order valence-electron chi connectivity index (χ0n) is 12.2. The molecule has 1 aromatic rings. The molecule has 0 fully saturated rings. The van der Waals surface area contributed by atoms with Crippen molar-refractivity contribution in [2.45, 2.75) is 38.4 Å². The van der Waals surface area contributed by atoms with E-state index in [0.29, 0.717) is 36.5 Å². The van der Waals surface area contributed by atoms with Gasteiger partial charge in [0.25, 0.3) is 0 Å². The summed E-state index contributed by atoms with van der Waals surface area (Å²) in [6.07, 6.45) is 1.60. The first-order valence-corrected chi connectivity index (χ1v) is 8.77. The molecule has 5 nitrogen and oxygen atoms in total. The standard InChI is InChI=1S/C14H21ClN2O3S/c1-11(2)21(19,20)16-10-4-3-5-14(18)17-13-8-6-12(15)7-9-13/h6-9,11,16H,3-5,10H2,1-2H3,(H,17,18). The Hall–Kier alpha value is -1.11. The molecule has 0 spiro atoms. The topological polar surface area (TPSA) is 75.3 Å². The monoisotopic (exact) mass is 332 g/mol. The number of benzene rings is 1. The van der Waals surface area contributed by atoms with Crippen LogP contribution in [0.15, 0.2) is 24.3 Å². The molecule has 0 aromatic heterocycles. The zero-order valence-corrected chi connectivity index (χ0v) is 13.8. The number of hydrogen-bond acceptors (Lipinski definition) is 3. The first-order valence-electron chi connectivity index (χ1n) is 6.85. The number of hydrogen-bond donors (Lipinski definition) is 2. The Morgan fingerprint density at radius 3 is 2.38 bits per heavy atom. The molecule has 0 saturated carbocycles. The number of halogens is 1. The molecule has 0 heterocycles. The number of carbonyl (C=O) groups is 1. The van der Waals surface area contributed by atoms with Crippen LogP contribution in [0.25, 0.3) is 0 Å². The molecule has 1 rings (SSSR count). The average molecular weight is 333 g/mol. The summed E-state index contributed by atoms with van der Waals surface area (Å²) in [5, 5.41) is 2.94. The van der Waals surface area contributed by atoms with Gasteiger partial charge in [-0.3, -0.25) is 4.79 Å². The number of anilines is 1. The molecule has 0 aliphatic carbocycles. The van der Waals surface area contributed by atoms with Gasteiger partial charge in [0.2, 0.25) is 15.9 Å². The Bertz CT molecular complexity index is 556. The maximum Gasteiger partial charge on any atom is 0.224 e. The van der Waals surface area contributed by atoms with Crippen molar-refractivity contribution in [2.75, 3.05) is 11.9 Å². The summed E-state index contributed by atoms with van der Waals surface area (Å²) in [5.74, 6) is -0.0935. The van der Waals surface area contributed by atoms with Crippen LogP contribution in [0, 0.1) is 0 Å². The predicted octanol–water partition coefficient (Wildman–Crippen LogP) is 2.78. The molecule has 7 heteroatoms. The minimum absolute atomic E-state index is 0.0935. The predicted molar refractivity (Wildman–Crippen MR) is 86.0 cm³/mol. The van der Waals surface area contributed by atoms with Gasteiger partial charge in [-0.25, -0.2) is 13.1 Å². The molecule has 0 bridgehead atoms. The molecule has 21 heavy (non-hydrogen) atoms. The number of carbonyl (C=O) groups excluding carboxylic acids is 1. The second kappa shape index (κ2) is 8.36. The van der Waals surface area contributed by atoms with Gasteiger partial charge in [-0.05, 0) is 51.0 Å². The van der Waals surface area contributed by atoms with Crippen molar-refractivity contribution in [3.8, 4) is 0 Å². The smallest absolute Gasteiger partial charge is 0.224 e. The van der Waals surface area contributed by atoms with Gasteiger partial charge >= 0.3 is 0 Å². The van der Waals surface area contributed by atoms with Gasteiger partial charge in [-0.15, -0.1) is 0 Å². The van der Waals surface area contributed by atoms with E-state index < -0.39 is 15.3 Å². The molecule has 0 aliphatic heterocycles. The average Bonchev–Trinajstić information content (AvgIpc) is 2.40. The summed E-state index contributed by atoms with van der Waals surface area (Å²) < 4.78 is 25.5. The summed E-state index contributed by atoms with van der Waals surface area (Å²) in [7, 11) is -3.21. The molecule has 0 saturated heterocycles. The number of rotatable bonds is 8. The summed E-state index contributed by atoms with van der Waals surface area (Å²) in [6.45, 7) is 3.61. The summed E-state index contributed by atoms with van der Waals surface area (Å²) in [6, 6.07) is 6.88. The van der Waals surface area contributed by atoms with Crippen molar-refractivity contribution in [1.29, 1.82) is 0 Å². The van der Waals surface area contributed by atoms with Crippen LogP contribution in [0.2, 0.25) is 5.02 Å². The van der Waals surface area contributed by atoms with Crippen molar-refractivity contribution in [2.24, 2.45) is 0 Å². The van der Waals surface area contributed by atoms with E-state index in [2.05, 4.69) is 10.0 Å². The van der Waals surface area contributed by atoms with E-state index in [-0.39, 0.29) is 5.91 Å². The van der Waals surface area contributed by atoms with Crippen molar-refractivity contribution in [1.82, 2.24) is 4.72 Å². The third-order valence-electron chi connectivity index (χ3n) is 2.88. The first-order chi connectivity index (χ1) is 9.81. The summed E-state index contributed by atoms with van der Waals surface area (Å²) in [5.41, 5.74) is 0.699. The normalized spacial score (nSPS) is 11.6. The second-order valence-electron chi connectivity index (χ2n) is 5.00. The largest absolute Gasteiger partial charge is 0.326 e. The SMILES string of the molecule is CC(C)S(=O)(=O)NCCCCC(=O)Nc1ccc(Cl)cc1. The van der Waals surface area contributed by atoms with Gasteiger partial charge < -0.3 is 5.32 Å². The minimum atomic E-state index is -3.21. The number of amides is 1. The summed E-state index contributed by atoms with van der Waals surface area (Å²) >= 11 is 5.76. The van der Waals surface area contributed by atoms with Crippen LogP contribution in [0.4, 0.5) is 5.69 Å². The van der Waals surface area contributed by atoms with E-state index >= 15 is 0 Å². The fourth-order valence-corrected chi connectivity index (χ4v) is 2.44. The van der Waals surface area contributed by atoms with Gasteiger partial charge in [0, 0.05) is 23.7 Å². The Labute approximate surface area is 131 Å². The zero-order chi connectivity index (χ0) is 15.9. The highest BCUT2D eigenvalue weighted by atomic mass is 35.5. The molecule has 1 aromatic carbocycles. The van der Waals surface area contributed by atoms with Crippen LogP contribution in [-0.2, 0) is 14.8 Å². The third kappa shape index (κ3) is 6.93. The quantitative estimate of drug-likeness (QED) is 0.719. The Kier molecular flexibility index (Phi) is 7.14. The molecule has 1 amide bonds. The molecule has 0 unspecified atom stereocenters. The maximum absolute atomic E-state index is 11.7. The van der Waals surface area contributed by atoms with Crippen LogP contribution < -0.4 is 10.0 Å². The number of unbranched alkanes of at least 4 members (excludes halogenated alkanes) is 1. The molecule has 0 aliphatic rings. The van der Waals surface area contributed by atoms with E-state index in [1.165, 1.54) is 0 Å². The number of nitrogens with one attached hydrogen (secondary N) is 2.